The molecule has 0 bridgehead atoms. The van der Waals surface area contributed by atoms with Gasteiger partial charge in [-0.3, -0.25) is 4.79 Å². The van der Waals surface area contributed by atoms with Crippen molar-refractivity contribution in [3.8, 4) is 0 Å². The van der Waals surface area contributed by atoms with Crippen LogP contribution in [0.3, 0.4) is 0 Å². The van der Waals surface area contributed by atoms with E-state index >= 15 is 0 Å². The average Bonchev–Trinajstić information content (AvgIpc) is 2.21. The van der Waals surface area contributed by atoms with E-state index in [4.69, 9.17) is 11.6 Å². The second-order valence-electron chi connectivity index (χ2n) is 2.96. The van der Waals surface area contributed by atoms with Gasteiger partial charge in [0.25, 0.3) is 0 Å². The Bertz CT molecular complexity index is 330. The molecule has 0 fully saturated rings. The molecule has 4 nitrogen and oxygen atoms in total. The number of nitrogens with zero attached hydrogens (tertiary/aromatic N) is 1. The number of pyridine rings is 1. The topological polar surface area (TPSA) is 54.0 Å². The lowest BCUT2D eigenvalue weighted by Gasteiger charge is -2.06. The molecule has 0 aliphatic carbocycles. The van der Waals surface area contributed by atoms with Crippen LogP contribution in [0.15, 0.2) is 18.3 Å². The Morgan fingerprint density at radius 1 is 1.60 bits per heavy atom. The van der Waals surface area contributed by atoms with Crippen LogP contribution >= 0.6 is 11.6 Å². The number of amides is 1. The Morgan fingerprint density at radius 3 is 3.07 bits per heavy atom. The van der Waals surface area contributed by atoms with Crippen LogP contribution in [0.2, 0.25) is 5.02 Å². The van der Waals surface area contributed by atoms with E-state index in [2.05, 4.69) is 15.6 Å². The zero-order valence-corrected chi connectivity index (χ0v) is 9.34. The molecule has 1 aromatic rings. The Kier molecular flexibility index (Phi) is 4.90. The molecule has 0 aliphatic heterocycles. The number of carbonyl (C=O) groups excluding carboxylic acids is 1. The largest absolute Gasteiger partial charge is 0.368 e. The molecule has 1 rings (SSSR count). The van der Waals surface area contributed by atoms with Gasteiger partial charge in [0.1, 0.15) is 5.82 Å². The Labute approximate surface area is 94.0 Å². The molecule has 1 heterocycles. The first-order valence-electron chi connectivity index (χ1n) is 4.85. The lowest BCUT2D eigenvalue weighted by atomic mass is 10.4. The summed E-state index contributed by atoms with van der Waals surface area (Å²) in [7, 11) is 0. The van der Waals surface area contributed by atoms with Gasteiger partial charge >= 0.3 is 0 Å². The van der Waals surface area contributed by atoms with Gasteiger partial charge in [-0.2, -0.15) is 0 Å². The van der Waals surface area contributed by atoms with Gasteiger partial charge in [-0.15, -0.1) is 0 Å². The molecule has 0 aromatic carbocycles. The first-order valence-corrected chi connectivity index (χ1v) is 5.23. The van der Waals surface area contributed by atoms with Gasteiger partial charge in [-0.25, -0.2) is 4.98 Å². The summed E-state index contributed by atoms with van der Waals surface area (Å²) in [5, 5.41) is 6.28. The minimum atomic E-state index is 0.0250. The van der Waals surface area contributed by atoms with E-state index in [1.54, 1.807) is 18.3 Å². The summed E-state index contributed by atoms with van der Waals surface area (Å²) < 4.78 is 0. The molecule has 82 valence electrons. The number of hydrogen-bond acceptors (Lipinski definition) is 3. The van der Waals surface area contributed by atoms with Crippen molar-refractivity contribution in [1.82, 2.24) is 10.3 Å². The van der Waals surface area contributed by atoms with Gasteiger partial charge in [0.15, 0.2) is 0 Å². The van der Waals surface area contributed by atoms with Crippen LogP contribution in [0.1, 0.15) is 13.3 Å². The molecule has 1 amide bonds. The van der Waals surface area contributed by atoms with Gasteiger partial charge in [0.05, 0.1) is 5.02 Å². The first-order chi connectivity index (χ1) is 7.24. The molecular formula is C10H14ClN3O. The van der Waals surface area contributed by atoms with E-state index in [1.807, 2.05) is 6.92 Å². The van der Waals surface area contributed by atoms with Crippen LogP contribution in [-0.2, 0) is 4.79 Å². The summed E-state index contributed by atoms with van der Waals surface area (Å²) in [5.41, 5.74) is 0. The van der Waals surface area contributed by atoms with Crippen LogP contribution in [0.4, 0.5) is 5.82 Å². The van der Waals surface area contributed by atoms with Crippen LogP contribution in [0, 0.1) is 0 Å². The average molecular weight is 228 g/mol. The fourth-order valence-corrected chi connectivity index (χ4v) is 1.28. The van der Waals surface area contributed by atoms with Crippen LogP contribution < -0.4 is 10.6 Å². The van der Waals surface area contributed by atoms with Crippen molar-refractivity contribution in [3.63, 3.8) is 0 Å². The summed E-state index contributed by atoms with van der Waals surface area (Å²) in [6.07, 6.45) is 2.07. The molecule has 2 N–H and O–H groups in total. The Morgan fingerprint density at radius 2 is 2.40 bits per heavy atom. The molecule has 15 heavy (non-hydrogen) atoms. The predicted octanol–water partition coefficient (Wildman–Crippen LogP) is 1.67. The second-order valence-corrected chi connectivity index (χ2v) is 3.37. The first kappa shape index (κ1) is 11.8. The molecule has 0 saturated carbocycles. The summed E-state index contributed by atoms with van der Waals surface area (Å²) in [4.78, 5) is 15.2. The highest BCUT2D eigenvalue weighted by molar-refractivity contribution is 6.32. The fraction of sp³-hybridized carbons (Fsp3) is 0.400. The number of aromatic nitrogens is 1. The van der Waals surface area contributed by atoms with Crippen molar-refractivity contribution < 1.29 is 4.79 Å². The summed E-state index contributed by atoms with van der Waals surface area (Å²) in [6, 6.07) is 3.51. The molecule has 1 aromatic heterocycles. The number of hydrogen-bond donors (Lipinski definition) is 2. The number of anilines is 1. The SMILES string of the molecule is CCNC(=O)CCNc1ncccc1Cl. The van der Waals surface area contributed by atoms with Crippen LogP contribution in [0.5, 0.6) is 0 Å². The maximum absolute atomic E-state index is 11.1. The van der Waals surface area contributed by atoms with E-state index in [0.717, 1.165) is 0 Å². The molecule has 0 aliphatic rings. The third-order valence-corrected chi connectivity index (χ3v) is 2.08. The molecule has 0 radical (unpaired) electrons. The third kappa shape index (κ3) is 4.16. The molecular weight excluding hydrogens is 214 g/mol. The smallest absolute Gasteiger partial charge is 0.221 e. The molecule has 0 atom stereocenters. The molecule has 5 heteroatoms. The van der Waals surface area contributed by atoms with Crippen molar-refractivity contribution >= 4 is 23.3 Å². The Balaban J connectivity index is 2.32. The van der Waals surface area contributed by atoms with Crippen molar-refractivity contribution in [2.45, 2.75) is 13.3 Å². The monoisotopic (exact) mass is 227 g/mol. The molecule has 0 unspecified atom stereocenters. The van der Waals surface area contributed by atoms with E-state index in [9.17, 15) is 4.79 Å². The number of nitrogens with one attached hydrogen (secondary N) is 2. The molecule has 0 spiro atoms. The van der Waals surface area contributed by atoms with E-state index < -0.39 is 0 Å². The minimum Gasteiger partial charge on any atom is -0.368 e. The minimum absolute atomic E-state index is 0.0250. The number of carbonyl (C=O) groups is 1. The van der Waals surface area contributed by atoms with Gasteiger partial charge in [-0.05, 0) is 19.1 Å². The highest BCUT2D eigenvalue weighted by Gasteiger charge is 2.01. The van der Waals surface area contributed by atoms with Crippen molar-refractivity contribution in [3.05, 3.63) is 23.4 Å². The summed E-state index contributed by atoms with van der Waals surface area (Å²) >= 11 is 5.88. The highest BCUT2D eigenvalue weighted by Crippen LogP contribution is 2.16. The van der Waals surface area contributed by atoms with Crippen LogP contribution in [-0.4, -0.2) is 24.0 Å². The van der Waals surface area contributed by atoms with E-state index in [1.165, 1.54) is 0 Å². The van der Waals surface area contributed by atoms with Gasteiger partial charge < -0.3 is 10.6 Å². The van der Waals surface area contributed by atoms with Crippen molar-refractivity contribution in [2.75, 3.05) is 18.4 Å². The van der Waals surface area contributed by atoms with E-state index in [-0.39, 0.29) is 5.91 Å². The predicted molar refractivity (Wildman–Crippen MR) is 61.0 cm³/mol. The highest BCUT2D eigenvalue weighted by atomic mass is 35.5. The van der Waals surface area contributed by atoms with Crippen molar-refractivity contribution in [2.24, 2.45) is 0 Å². The second kappa shape index (κ2) is 6.24. The lowest BCUT2D eigenvalue weighted by Crippen LogP contribution is -2.24. The van der Waals surface area contributed by atoms with Crippen LogP contribution in [0.25, 0.3) is 0 Å². The quantitative estimate of drug-likeness (QED) is 0.805. The maximum Gasteiger partial charge on any atom is 0.221 e. The summed E-state index contributed by atoms with van der Waals surface area (Å²) in [5.74, 6) is 0.639. The zero-order chi connectivity index (χ0) is 11.1. The number of rotatable bonds is 5. The summed E-state index contributed by atoms with van der Waals surface area (Å²) in [6.45, 7) is 3.08. The normalized spacial score (nSPS) is 9.73. The standard InChI is InChI=1S/C10H14ClN3O/c1-2-12-9(15)5-7-14-10-8(11)4-3-6-13-10/h3-4,6H,2,5,7H2,1H3,(H,12,15)(H,13,14). The van der Waals surface area contributed by atoms with Crippen molar-refractivity contribution in [1.29, 1.82) is 0 Å². The van der Waals surface area contributed by atoms with Gasteiger partial charge in [0, 0.05) is 25.7 Å². The van der Waals surface area contributed by atoms with Gasteiger partial charge in [0.2, 0.25) is 5.91 Å². The third-order valence-electron chi connectivity index (χ3n) is 1.78. The fourth-order valence-electron chi connectivity index (χ4n) is 1.10. The number of halogens is 1. The zero-order valence-electron chi connectivity index (χ0n) is 8.59. The maximum atomic E-state index is 11.1. The van der Waals surface area contributed by atoms with E-state index in [0.29, 0.717) is 30.4 Å². The Hall–Kier alpha value is -1.29. The lowest BCUT2D eigenvalue weighted by molar-refractivity contribution is -0.120. The molecule has 0 saturated heterocycles. The van der Waals surface area contributed by atoms with Gasteiger partial charge in [-0.1, -0.05) is 11.6 Å².